The summed E-state index contributed by atoms with van der Waals surface area (Å²) in [6.07, 6.45) is 2.70. The SMILES string of the molecule is O=C(COC(=O)/C=C/c1ccc(Cl)cc1)Nc1ccc(Cl)cc1F. The van der Waals surface area contributed by atoms with E-state index in [0.29, 0.717) is 5.02 Å². The van der Waals surface area contributed by atoms with E-state index in [1.807, 2.05) is 0 Å². The summed E-state index contributed by atoms with van der Waals surface area (Å²) in [5.74, 6) is -2.04. The molecule has 0 unspecified atom stereocenters. The van der Waals surface area contributed by atoms with Gasteiger partial charge in [0.15, 0.2) is 6.61 Å². The Morgan fingerprint density at radius 1 is 1.08 bits per heavy atom. The molecule has 0 atom stereocenters. The van der Waals surface area contributed by atoms with Gasteiger partial charge in [-0.15, -0.1) is 0 Å². The molecule has 0 aliphatic rings. The molecule has 2 aromatic carbocycles. The van der Waals surface area contributed by atoms with Gasteiger partial charge in [0.05, 0.1) is 5.69 Å². The van der Waals surface area contributed by atoms with Crippen LogP contribution in [0.4, 0.5) is 10.1 Å². The molecule has 4 nitrogen and oxygen atoms in total. The molecule has 0 saturated heterocycles. The van der Waals surface area contributed by atoms with Crippen molar-refractivity contribution < 1.29 is 18.7 Å². The summed E-state index contributed by atoms with van der Waals surface area (Å²) >= 11 is 11.4. The lowest BCUT2D eigenvalue weighted by molar-refractivity contribution is -0.142. The first-order valence-electron chi connectivity index (χ1n) is 6.79. The molecule has 0 bridgehead atoms. The molecule has 0 aromatic heterocycles. The maximum atomic E-state index is 13.5. The van der Waals surface area contributed by atoms with Gasteiger partial charge in [0.25, 0.3) is 5.91 Å². The third-order valence-corrected chi connectivity index (χ3v) is 3.32. The van der Waals surface area contributed by atoms with Gasteiger partial charge in [-0.2, -0.15) is 0 Å². The Labute approximate surface area is 147 Å². The van der Waals surface area contributed by atoms with E-state index in [1.54, 1.807) is 24.3 Å². The van der Waals surface area contributed by atoms with E-state index < -0.39 is 24.3 Å². The zero-order valence-corrected chi connectivity index (χ0v) is 13.8. The molecule has 0 radical (unpaired) electrons. The second-order valence-corrected chi connectivity index (χ2v) is 5.54. The highest BCUT2D eigenvalue weighted by atomic mass is 35.5. The quantitative estimate of drug-likeness (QED) is 0.632. The number of anilines is 1. The monoisotopic (exact) mass is 367 g/mol. The lowest BCUT2D eigenvalue weighted by atomic mass is 10.2. The molecular formula is C17H12Cl2FNO3. The van der Waals surface area contributed by atoms with Gasteiger partial charge in [0.1, 0.15) is 5.82 Å². The summed E-state index contributed by atoms with van der Waals surface area (Å²) in [6.45, 7) is -0.536. The number of amides is 1. The highest BCUT2D eigenvalue weighted by molar-refractivity contribution is 6.30. The third kappa shape index (κ3) is 5.68. The Bertz CT molecular complexity index is 776. The predicted molar refractivity (Wildman–Crippen MR) is 91.5 cm³/mol. The van der Waals surface area contributed by atoms with Crippen molar-refractivity contribution in [2.75, 3.05) is 11.9 Å². The van der Waals surface area contributed by atoms with Crippen molar-refractivity contribution in [1.82, 2.24) is 0 Å². The van der Waals surface area contributed by atoms with Crippen LogP contribution in [0.3, 0.4) is 0 Å². The Balaban J connectivity index is 1.82. The smallest absolute Gasteiger partial charge is 0.331 e. The summed E-state index contributed by atoms with van der Waals surface area (Å²) in [7, 11) is 0. The van der Waals surface area contributed by atoms with Gasteiger partial charge in [0, 0.05) is 16.1 Å². The van der Waals surface area contributed by atoms with Gasteiger partial charge in [-0.25, -0.2) is 9.18 Å². The highest BCUT2D eigenvalue weighted by Crippen LogP contribution is 2.18. The Hall–Kier alpha value is -2.37. The minimum Gasteiger partial charge on any atom is -0.452 e. The Morgan fingerprint density at radius 3 is 2.42 bits per heavy atom. The van der Waals surface area contributed by atoms with E-state index in [-0.39, 0.29) is 10.7 Å². The molecule has 0 aliphatic heterocycles. The van der Waals surface area contributed by atoms with Gasteiger partial charge in [0.2, 0.25) is 0 Å². The molecule has 0 heterocycles. The number of benzene rings is 2. The van der Waals surface area contributed by atoms with E-state index in [2.05, 4.69) is 5.32 Å². The zero-order chi connectivity index (χ0) is 17.5. The molecule has 2 aromatic rings. The molecule has 0 saturated carbocycles. The number of ether oxygens (including phenoxy) is 1. The normalized spacial score (nSPS) is 10.6. The molecule has 2 rings (SSSR count). The first-order valence-corrected chi connectivity index (χ1v) is 7.55. The number of carbonyl (C=O) groups excluding carboxylic acids is 2. The second kappa shape index (κ2) is 8.47. The van der Waals surface area contributed by atoms with Crippen LogP contribution in [0.25, 0.3) is 6.08 Å². The van der Waals surface area contributed by atoms with E-state index in [0.717, 1.165) is 11.6 Å². The Kier molecular flexibility index (Phi) is 6.35. The van der Waals surface area contributed by atoms with Crippen molar-refractivity contribution in [1.29, 1.82) is 0 Å². The average Bonchev–Trinajstić information content (AvgIpc) is 2.55. The van der Waals surface area contributed by atoms with Crippen molar-refractivity contribution in [2.45, 2.75) is 0 Å². The molecule has 24 heavy (non-hydrogen) atoms. The molecule has 0 fully saturated rings. The number of nitrogens with one attached hydrogen (secondary N) is 1. The first kappa shape index (κ1) is 18.0. The van der Waals surface area contributed by atoms with Crippen molar-refractivity contribution in [3.05, 3.63) is 70.0 Å². The molecule has 0 aliphatic carbocycles. The molecule has 1 N–H and O–H groups in total. The third-order valence-electron chi connectivity index (χ3n) is 2.83. The van der Waals surface area contributed by atoms with E-state index in [4.69, 9.17) is 27.9 Å². The van der Waals surface area contributed by atoms with Crippen LogP contribution < -0.4 is 5.32 Å². The van der Waals surface area contributed by atoms with Crippen LogP contribution in [0.2, 0.25) is 10.0 Å². The topological polar surface area (TPSA) is 55.4 Å². The molecule has 1 amide bonds. The van der Waals surface area contributed by atoms with Gasteiger partial charge >= 0.3 is 5.97 Å². The maximum Gasteiger partial charge on any atom is 0.331 e. The number of hydrogen-bond acceptors (Lipinski definition) is 3. The number of carbonyl (C=O) groups is 2. The highest BCUT2D eigenvalue weighted by Gasteiger charge is 2.09. The number of halogens is 3. The van der Waals surface area contributed by atoms with Crippen molar-refractivity contribution in [2.24, 2.45) is 0 Å². The van der Waals surface area contributed by atoms with Crippen molar-refractivity contribution in [3.63, 3.8) is 0 Å². The summed E-state index contributed by atoms with van der Waals surface area (Å²) in [5.41, 5.74) is 0.709. The van der Waals surface area contributed by atoms with Crippen LogP contribution >= 0.6 is 23.2 Å². The molecule has 0 spiro atoms. The Morgan fingerprint density at radius 2 is 1.75 bits per heavy atom. The van der Waals surface area contributed by atoms with E-state index in [9.17, 15) is 14.0 Å². The number of rotatable bonds is 5. The fraction of sp³-hybridized carbons (Fsp3) is 0.0588. The van der Waals surface area contributed by atoms with Gasteiger partial charge in [-0.05, 0) is 42.0 Å². The second-order valence-electron chi connectivity index (χ2n) is 4.66. The standard InChI is InChI=1S/C17H12Cl2FNO3/c18-12-4-1-11(2-5-12)3-8-17(23)24-10-16(22)21-15-7-6-13(19)9-14(15)20/h1-9H,10H2,(H,21,22)/b8-3+. The first-order chi connectivity index (χ1) is 11.4. The van der Waals surface area contributed by atoms with Gasteiger partial charge < -0.3 is 10.1 Å². The number of esters is 1. The molecule has 124 valence electrons. The van der Waals surface area contributed by atoms with Crippen LogP contribution in [-0.4, -0.2) is 18.5 Å². The van der Waals surface area contributed by atoms with Gasteiger partial charge in [-0.1, -0.05) is 35.3 Å². The minimum absolute atomic E-state index is 0.0443. The largest absolute Gasteiger partial charge is 0.452 e. The summed E-state index contributed by atoms with van der Waals surface area (Å²) < 4.78 is 18.3. The van der Waals surface area contributed by atoms with Crippen molar-refractivity contribution >= 4 is 46.8 Å². The minimum atomic E-state index is -0.698. The number of hydrogen-bond donors (Lipinski definition) is 1. The van der Waals surface area contributed by atoms with E-state index >= 15 is 0 Å². The predicted octanol–water partition coefficient (Wildman–Crippen LogP) is 4.33. The summed E-state index contributed by atoms with van der Waals surface area (Å²) in [4.78, 5) is 23.2. The van der Waals surface area contributed by atoms with Crippen LogP contribution in [0, 0.1) is 5.82 Å². The van der Waals surface area contributed by atoms with Gasteiger partial charge in [-0.3, -0.25) is 4.79 Å². The fourth-order valence-electron chi connectivity index (χ4n) is 1.70. The molecular weight excluding hydrogens is 356 g/mol. The maximum absolute atomic E-state index is 13.5. The fourth-order valence-corrected chi connectivity index (χ4v) is 1.98. The average molecular weight is 368 g/mol. The summed E-state index contributed by atoms with van der Waals surface area (Å²) in [6, 6.07) is 10.6. The molecule has 7 heteroatoms. The van der Waals surface area contributed by atoms with Crippen LogP contribution in [-0.2, 0) is 14.3 Å². The van der Waals surface area contributed by atoms with Crippen molar-refractivity contribution in [3.8, 4) is 0 Å². The lowest BCUT2D eigenvalue weighted by Crippen LogP contribution is -2.20. The van der Waals surface area contributed by atoms with Crippen LogP contribution in [0.1, 0.15) is 5.56 Å². The van der Waals surface area contributed by atoms with E-state index in [1.165, 1.54) is 24.3 Å². The summed E-state index contributed by atoms with van der Waals surface area (Å²) in [5, 5.41) is 3.08. The lowest BCUT2D eigenvalue weighted by Gasteiger charge is -2.06. The zero-order valence-electron chi connectivity index (χ0n) is 12.3. The van der Waals surface area contributed by atoms with Crippen LogP contribution in [0.15, 0.2) is 48.5 Å². The van der Waals surface area contributed by atoms with Crippen LogP contribution in [0.5, 0.6) is 0 Å².